The Balaban J connectivity index is -0.0000000213. The van der Waals surface area contributed by atoms with Gasteiger partial charge in [-0.3, -0.25) is 0 Å². The predicted octanol–water partition coefficient (Wildman–Crippen LogP) is 0.0550. The van der Waals surface area contributed by atoms with Crippen LogP contribution < -0.4 is 0 Å². The van der Waals surface area contributed by atoms with E-state index in [4.69, 9.17) is 21.0 Å². The van der Waals surface area contributed by atoms with Gasteiger partial charge in [0.15, 0.2) is 0 Å². The van der Waals surface area contributed by atoms with Crippen molar-refractivity contribution >= 4 is 50.5 Å². The van der Waals surface area contributed by atoms with Crippen LogP contribution in [-0.2, 0) is 67.6 Å². The van der Waals surface area contributed by atoms with E-state index in [9.17, 15) is 0 Å². The van der Waals surface area contributed by atoms with Crippen LogP contribution in [0.2, 0.25) is 0 Å². The molecule has 0 heterocycles. The van der Waals surface area contributed by atoms with E-state index in [1.54, 1.807) is 0 Å². The molecule has 0 aromatic carbocycles. The molecule has 0 N–H and O–H groups in total. The summed E-state index contributed by atoms with van der Waals surface area (Å²) in [7, 11) is 0. The first-order valence-corrected chi connectivity index (χ1v) is 3.34. The van der Waals surface area contributed by atoms with Gasteiger partial charge in [0, 0.05) is 0 Å². The Kier molecular flexibility index (Phi) is 245. The molecule has 9 heteroatoms. The standard InChI is InChI=1S/4CHNS.Fe/c4*2-1-3;/h4*3H;/q;;;;+3/p-4. The summed E-state index contributed by atoms with van der Waals surface area (Å²) >= 11 is 14.8. The number of hydrogen-bond donors (Lipinski definition) is 0. The van der Waals surface area contributed by atoms with Gasteiger partial charge in [-0.05, 0) is 0 Å². The van der Waals surface area contributed by atoms with Crippen LogP contribution in [0.3, 0.4) is 0 Å². The molecule has 0 amide bonds. The summed E-state index contributed by atoms with van der Waals surface area (Å²) in [5, 5.41) is 33.9. The fraction of sp³-hybridized carbons (Fsp3) is 0. The molecular formula is C4FeN4S4-. The van der Waals surface area contributed by atoms with E-state index in [0.29, 0.717) is 0 Å². The van der Waals surface area contributed by atoms with Crippen molar-refractivity contribution in [2.24, 2.45) is 0 Å². The molecule has 0 spiro atoms. The van der Waals surface area contributed by atoms with Crippen LogP contribution in [0, 0.1) is 42.7 Å². The molecule has 0 aromatic rings. The van der Waals surface area contributed by atoms with Gasteiger partial charge in [0.1, 0.15) is 0 Å². The van der Waals surface area contributed by atoms with E-state index in [2.05, 4.69) is 50.5 Å². The summed E-state index contributed by atoms with van der Waals surface area (Å²) in [6, 6.07) is 0. The number of nitrogens with zero attached hydrogens (tertiary/aromatic N) is 4. The first-order valence-electron chi connectivity index (χ1n) is 1.71. The minimum Gasteiger partial charge on any atom is -0.696 e. The minimum absolute atomic E-state index is 0. The average molecular weight is 288 g/mol. The zero-order valence-electron chi connectivity index (χ0n) is 5.78. The van der Waals surface area contributed by atoms with Crippen molar-refractivity contribution in [3.05, 3.63) is 0 Å². The van der Waals surface area contributed by atoms with Crippen molar-refractivity contribution in [2.75, 3.05) is 0 Å². The second-order valence-electron chi connectivity index (χ2n) is 0.365. The van der Waals surface area contributed by atoms with Crippen molar-refractivity contribution in [1.82, 2.24) is 0 Å². The monoisotopic (exact) mass is 288 g/mol. The summed E-state index contributed by atoms with van der Waals surface area (Å²) in [6.45, 7) is 0. The number of nitriles is 4. The molecule has 69 valence electrons. The van der Waals surface area contributed by atoms with Crippen LogP contribution in [0.4, 0.5) is 0 Å². The summed E-state index contributed by atoms with van der Waals surface area (Å²) < 4.78 is 0. The van der Waals surface area contributed by atoms with E-state index in [0.717, 1.165) is 0 Å². The van der Waals surface area contributed by atoms with Gasteiger partial charge in [-0.15, -0.1) is 0 Å². The van der Waals surface area contributed by atoms with Gasteiger partial charge in [0.05, 0.1) is 0 Å². The van der Waals surface area contributed by atoms with Crippen LogP contribution in [0.15, 0.2) is 0 Å². The van der Waals surface area contributed by atoms with Gasteiger partial charge < -0.3 is 50.5 Å². The van der Waals surface area contributed by atoms with Crippen molar-refractivity contribution in [1.29, 1.82) is 21.0 Å². The smallest absolute Gasteiger partial charge is 0.696 e. The molecule has 0 aliphatic rings. The van der Waals surface area contributed by atoms with E-state index in [1.165, 1.54) is 21.6 Å². The molecule has 1 radical (unpaired) electrons. The Morgan fingerprint density at radius 3 is 0.538 bits per heavy atom. The number of thiocyanates is 4. The summed E-state index contributed by atoms with van der Waals surface area (Å²) in [6.07, 6.45) is 0. The molecule has 0 saturated heterocycles. The topological polar surface area (TPSA) is 95.2 Å². The summed E-state index contributed by atoms with van der Waals surface area (Å²) in [5.74, 6) is 0. The first kappa shape index (κ1) is 29.4. The van der Waals surface area contributed by atoms with Gasteiger partial charge in [0.2, 0.25) is 0 Å². The Morgan fingerprint density at radius 2 is 0.538 bits per heavy atom. The Morgan fingerprint density at radius 1 is 0.538 bits per heavy atom. The van der Waals surface area contributed by atoms with Crippen LogP contribution >= 0.6 is 0 Å². The molecule has 0 aliphatic heterocycles. The maximum absolute atomic E-state index is 7.13. The zero-order chi connectivity index (χ0) is 10.8. The number of rotatable bonds is 0. The third-order valence-corrected chi connectivity index (χ3v) is 0. The van der Waals surface area contributed by atoms with Crippen LogP contribution in [0.5, 0.6) is 0 Å². The van der Waals surface area contributed by atoms with E-state index in [1.807, 2.05) is 0 Å². The Hall–Kier alpha value is -0.641. The van der Waals surface area contributed by atoms with E-state index in [-0.39, 0.29) is 17.1 Å². The van der Waals surface area contributed by atoms with Gasteiger partial charge in [-0.2, -0.15) is 0 Å². The van der Waals surface area contributed by atoms with E-state index >= 15 is 0 Å². The first-order chi connectivity index (χ1) is 5.66. The molecule has 0 rings (SSSR count). The van der Waals surface area contributed by atoms with Gasteiger partial charge >= 0.3 is 17.1 Å². The molecule has 0 saturated carbocycles. The molecular weight excluding hydrogens is 288 g/mol. The Bertz CT molecular complexity index is 158. The third kappa shape index (κ3) is 2430. The van der Waals surface area contributed by atoms with Gasteiger partial charge in [0.25, 0.3) is 0 Å². The van der Waals surface area contributed by atoms with Crippen molar-refractivity contribution < 1.29 is 17.1 Å². The SMILES string of the molecule is N#C[S-].N#C[S-].N#C[S-].N#C[S-].[Fe+3]. The second kappa shape index (κ2) is 108. The molecule has 0 atom stereocenters. The van der Waals surface area contributed by atoms with Crippen LogP contribution in [-0.4, -0.2) is 0 Å². The third-order valence-electron chi connectivity index (χ3n) is 0. The van der Waals surface area contributed by atoms with Crippen molar-refractivity contribution in [2.45, 2.75) is 0 Å². The van der Waals surface area contributed by atoms with Crippen molar-refractivity contribution in [3.63, 3.8) is 0 Å². The maximum atomic E-state index is 7.13. The fourth-order valence-corrected chi connectivity index (χ4v) is 0. The molecule has 4 nitrogen and oxygen atoms in total. The second-order valence-corrected chi connectivity index (χ2v) is 1.10. The largest absolute Gasteiger partial charge is 3.00 e. The van der Waals surface area contributed by atoms with Crippen LogP contribution in [0.25, 0.3) is 0 Å². The Labute approximate surface area is 110 Å². The predicted molar refractivity (Wildman–Crippen MR) is 51.9 cm³/mol. The summed E-state index contributed by atoms with van der Waals surface area (Å²) in [5.41, 5.74) is 0. The minimum atomic E-state index is 0. The maximum Gasteiger partial charge on any atom is 3.00 e. The zero-order valence-corrected chi connectivity index (χ0v) is 10.1. The fourth-order valence-electron chi connectivity index (χ4n) is 0. The normalized spacial score (nSPS) is 2.15. The van der Waals surface area contributed by atoms with Gasteiger partial charge in [-0.25, -0.2) is 21.0 Å². The average Bonchev–Trinajstić information content (AvgIpc) is 1.92. The quantitative estimate of drug-likeness (QED) is 0.350. The van der Waals surface area contributed by atoms with Gasteiger partial charge in [-0.1, -0.05) is 21.6 Å². The number of hydrogen-bond acceptors (Lipinski definition) is 8. The summed E-state index contributed by atoms with van der Waals surface area (Å²) in [4.78, 5) is 0. The molecule has 13 heavy (non-hydrogen) atoms. The molecule has 0 fully saturated rings. The molecule has 0 bridgehead atoms. The molecule has 0 unspecified atom stereocenters. The van der Waals surface area contributed by atoms with Crippen LogP contribution in [0.1, 0.15) is 0 Å². The molecule has 0 aromatic heterocycles. The molecule has 0 aliphatic carbocycles. The van der Waals surface area contributed by atoms with Crippen molar-refractivity contribution in [3.8, 4) is 21.6 Å². The van der Waals surface area contributed by atoms with E-state index < -0.39 is 0 Å².